The number of aromatic nitrogens is 1. The largest absolute Gasteiger partial charge is 0.478 e. The summed E-state index contributed by atoms with van der Waals surface area (Å²) in [5.41, 5.74) is 11.7. The molecule has 188 valence electrons. The number of carbonyl (C=O) groups is 1. The summed E-state index contributed by atoms with van der Waals surface area (Å²) in [6.07, 6.45) is 16.5. The number of aliphatic imine (C=N–C) groups is 1. The van der Waals surface area contributed by atoms with Crippen LogP contribution in [0.3, 0.4) is 0 Å². The minimum atomic E-state index is -0.988. The van der Waals surface area contributed by atoms with E-state index >= 15 is 0 Å². The first-order valence-electron chi connectivity index (χ1n) is 12.7. The number of aliphatic carboxylic acids is 1. The summed E-state index contributed by atoms with van der Waals surface area (Å²) in [6.45, 7) is 6.97. The van der Waals surface area contributed by atoms with Crippen LogP contribution in [0.4, 0.5) is 5.82 Å². The Morgan fingerprint density at radius 3 is 2.39 bits per heavy atom. The van der Waals surface area contributed by atoms with Crippen LogP contribution >= 0.6 is 0 Å². The summed E-state index contributed by atoms with van der Waals surface area (Å²) in [7, 11) is 0. The van der Waals surface area contributed by atoms with Crippen molar-refractivity contribution in [2.45, 2.75) is 97.4 Å². The van der Waals surface area contributed by atoms with Crippen LogP contribution in [0.25, 0.3) is 0 Å². The predicted octanol–water partition coefficient (Wildman–Crippen LogP) is 5.66. The fraction of sp³-hybridized carbons (Fsp3) is 0.692. The van der Waals surface area contributed by atoms with Crippen molar-refractivity contribution < 1.29 is 9.90 Å². The van der Waals surface area contributed by atoms with E-state index in [1.54, 1.807) is 0 Å². The lowest BCUT2D eigenvalue weighted by Crippen LogP contribution is -2.28. The third kappa shape index (κ3) is 14.3. The lowest BCUT2D eigenvalue weighted by molar-refractivity contribution is -0.131. The SMILES string of the molecule is CCCCCCCCC(CCC(C)C)CCC(Nc1ccc[nH]1)C(=CC(=O)O)CN=C(N)N. The van der Waals surface area contributed by atoms with Crippen LogP contribution in [0.2, 0.25) is 0 Å². The number of hydrogen-bond acceptors (Lipinski definition) is 3. The monoisotopic (exact) mass is 461 g/mol. The molecule has 7 heteroatoms. The average molecular weight is 462 g/mol. The van der Waals surface area contributed by atoms with E-state index in [0.29, 0.717) is 17.4 Å². The van der Waals surface area contributed by atoms with Gasteiger partial charge in [0.05, 0.1) is 12.6 Å². The maximum absolute atomic E-state index is 11.5. The number of anilines is 1. The number of unbranched alkanes of at least 4 members (excludes halogenated alkanes) is 5. The van der Waals surface area contributed by atoms with Gasteiger partial charge in [0.25, 0.3) is 0 Å². The highest BCUT2D eigenvalue weighted by Gasteiger charge is 2.19. The first kappa shape index (κ1) is 28.6. The van der Waals surface area contributed by atoms with Crippen LogP contribution in [0, 0.1) is 11.8 Å². The molecule has 0 aliphatic heterocycles. The number of nitrogens with one attached hydrogen (secondary N) is 2. The lowest BCUT2D eigenvalue weighted by atomic mass is 9.87. The molecule has 1 aromatic heterocycles. The van der Waals surface area contributed by atoms with Crippen LogP contribution in [0.5, 0.6) is 0 Å². The van der Waals surface area contributed by atoms with Crippen LogP contribution in [-0.4, -0.2) is 34.6 Å². The molecule has 0 radical (unpaired) electrons. The van der Waals surface area contributed by atoms with Gasteiger partial charge < -0.3 is 26.9 Å². The van der Waals surface area contributed by atoms with Crippen molar-refractivity contribution >= 4 is 17.7 Å². The highest BCUT2D eigenvalue weighted by atomic mass is 16.4. The van der Waals surface area contributed by atoms with Gasteiger partial charge in [0.15, 0.2) is 5.96 Å². The van der Waals surface area contributed by atoms with E-state index in [0.717, 1.165) is 18.7 Å². The number of carboxylic acids is 1. The molecule has 33 heavy (non-hydrogen) atoms. The molecule has 0 saturated carbocycles. The van der Waals surface area contributed by atoms with Gasteiger partial charge in [0.1, 0.15) is 5.82 Å². The van der Waals surface area contributed by atoms with Crippen LogP contribution in [-0.2, 0) is 4.79 Å². The summed E-state index contributed by atoms with van der Waals surface area (Å²) in [4.78, 5) is 18.7. The van der Waals surface area contributed by atoms with E-state index in [9.17, 15) is 9.90 Å². The van der Waals surface area contributed by atoms with Crippen molar-refractivity contribution in [3.8, 4) is 0 Å². The Labute approximate surface area is 200 Å². The van der Waals surface area contributed by atoms with Crippen molar-refractivity contribution in [2.24, 2.45) is 28.3 Å². The Morgan fingerprint density at radius 1 is 1.09 bits per heavy atom. The molecular weight excluding hydrogens is 414 g/mol. The highest BCUT2D eigenvalue weighted by Crippen LogP contribution is 2.27. The second-order valence-corrected chi connectivity index (χ2v) is 9.55. The molecule has 7 nitrogen and oxygen atoms in total. The zero-order valence-electron chi connectivity index (χ0n) is 21.0. The third-order valence-corrected chi connectivity index (χ3v) is 6.11. The predicted molar refractivity (Wildman–Crippen MR) is 139 cm³/mol. The second-order valence-electron chi connectivity index (χ2n) is 9.55. The molecule has 2 atom stereocenters. The zero-order valence-corrected chi connectivity index (χ0v) is 21.0. The molecule has 0 fully saturated rings. The van der Waals surface area contributed by atoms with E-state index in [4.69, 9.17) is 11.5 Å². The summed E-state index contributed by atoms with van der Waals surface area (Å²) in [5, 5.41) is 12.9. The topological polar surface area (TPSA) is 130 Å². The number of guanidine groups is 1. The Hall–Kier alpha value is -2.44. The second kappa shape index (κ2) is 17.1. The maximum Gasteiger partial charge on any atom is 0.328 e. The standard InChI is InChI=1S/C26H47N5O2/c1-4-5-6-7-8-9-11-21(14-13-20(2)3)15-16-23(31-24-12-10-17-29-24)22(18-25(32)33)19-30-26(27)28/h10,12,17-18,20-21,23,29,31H,4-9,11,13-16,19H2,1-3H3,(H,32,33)(H4,27,28,30). The summed E-state index contributed by atoms with van der Waals surface area (Å²) in [5.74, 6) is 1.16. The number of hydrogen-bond donors (Lipinski definition) is 5. The fourth-order valence-corrected chi connectivity index (χ4v) is 4.17. The summed E-state index contributed by atoms with van der Waals surface area (Å²) < 4.78 is 0. The minimum absolute atomic E-state index is 0.0391. The number of rotatable bonds is 19. The quantitative estimate of drug-likeness (QED) is 0.0785. The van der Waals surface area contributed by atoms with Gasteiger partial charge in [0.2, 0.25) is 0 Å². The fourth-order valence-electron chi connectivity index (χ4n) is 4.17. The Morgan fingerprint density at radius 2 is 1.79 bits per heavy atom. The Kier molecular flexibility index (Phi) is 14.8. The van der Waals surface area contributed by atoms with Crippen molar-refractivity contribution in [3.63, 3.8) is 0 Å². The van der Waals surface area contributed by atoms with Crippen molar-refractivity contribution in [2.75, 3.05) is 11.9 Å². The molecule has 0 amide bonds. The number of H-pyrrole nitrogens is 1. The number of nitrogens with two attached hydrogens (primary N) is 2. The smallest absolute Gasteiger partial charge is 0.328 e. The molecular formula is C26H47N5O2. The lowest BCUT2D eigenvalue weighted by Gasteiger charge is -2.25. The molecule has 7 N–H and O–H groups in total. The molecule has 0 spiro atoms. The van der Waals surface area contributed by atoms with Gasteiger partial charge in [-0.3, -0.25) is 0 Å². The number of aromatic amines is 1. The average Bonchev–Trinajstić information content (AvgIpc) is 3.26. The first-order chi connectivity index (χ1) is 15.8. The van der Waals surface area contributed by atoms with E-state index in [1.165, 1.54) is 63.9 Å². The van der Waals surface area contributed by atoms with Crippen LogP contribution in [0.15, 0.2) is 35.0 Å². The van der Waals surface area contributed by atoms with Gasteiger partial charge in [0, 0.05) is 12.3 Å². The molecule has 2 unspecified atom stereocenters. The third-order valence-electron chi connectivity index (χ3n) is 6.11. The van der Waals surface area contributed by atoms with Crippen LogP contribution < -0.4 is 16.8 Å². The van der Waals surface area contributed by atoms with Gasteiger partial charge >= 0.3 is 5.97 Å². The molecule has 1 aromatic rings. The molecule has 0 saturated heterocycles. The summed E-state index contributed by atoms with van der Waals surface area (Å²) in [6, 6.07) is 3.70. The molecule has 1 rings (SSSR count). The molecule has 1 heterocycles. The van der Waals surface area contributed by atoms with Crippen molar-refractivity contribution in [1.82, 2.24) is 4.98 Å². The molecule has 0 aliphatic rings. The number of carboxylic acid groups (broad SMARTS) is 1. The van der Waals surface area contributed by atoms with E-state index in [2.05, 4.69) is 36.1 Å². The van der Waals surface area contributed by atoms with E-state index < -0.39 is 5.97 Å². The van der Waals surface area contributed by atoms with Crippen LogP contribution in [0.1, 0.15) is 91.4 Å². The van der Waals surface area contributed by atoms with Gasteiger partial charge in [-0.15, -0.1) is 0 Å². The maximum atomic E-state index is 11.5. The van der Waals surface area contributed by atoms with Gasteiger partial charge in [-0.25, -0.2) is 9.79 Å². The highest BCUT2D eigenvalue weighted by molar-refractivity contribution is 5.81. The molecule has 0 aliphatic carbocycles. The normalized spacial score (nSPS) is 13.6. The minimum Gasteiger partial charge on any atom is -0.478 e. The van der Waals surface area contributed by atoms with Gasteiger partial charge in [-0.05, 0) is 42.4 Å². The van der Waals surface area contributed by atoms with E-state index in [-0.39, 0.29) is 18.5 Å². The molecule has 0 aromatic carbocycles. The number of nitrogens with zero attached hydrogens (tertiary/aromatic N) is 1. The van der Waals surface area contributed by atoms with Crippen molar-refractivity contribution in [3.05, 3.63) is 30.0 Å². The van der Waals surface area contributed by atoms with Gasteiger partial charge in [-0.2, -0.15) is 0 Å². The van der Waals surface area contributed by atoms with E-state index in [1.807, 2.05) is 18.3 Å². The zero-order chi connectivity index (χ0) is 24.5. The first-order valence-corrected chi connectivity index (χ1v) is 12.7. The Balaban J connectivity index is 2.86. The molecule has 0 bridgehead atoms. The van der Waals surface area contributed by atoms with Crippen molar-refractivity contribution in [1.29, 1.82) is 0 Å². The summed E-state index contributed by atoms with van der Waals surface area (Å²) >= 11 is 0. The Bertz CT molecular complexity index is 694. The van der Waals surface area contributed by atoms with Gasteiger partial charge in [-0.1, -0.05) is 78.6 Å².